The highest BCUT2D eigenvalue weighted by molar-refractivity contribution is 8.76. The summed E-state index contributed by atoms with van der Waals surface area (Å²) in [4.78, 5) is 35.5. The minimum absolute atomic E-state index is 0.295. The van der Waals surface area contributed by atoms with Crippen LogP contribution in [0.5, 0.6) is 0 Å². The number of hydrogen-bond acceptors (Lipinski definition) is 10. The van der Waals surface area contributed by atoms with Crippen LogP contribution in [0.3, 0.4) is 0 Å². The molecule has 0 saturated carbocycles. The van der Waals surface area contributed by atoms with Gasteiger partial charge in [0.15, 0.2) is 0 Å². The van der Waals surface area contributed by atoms with Gasteiger partial charge in [0.25, 0.3) is 0 Å². The minimum Gasteiger partial charge on any atom is -0.380 e. The number of hydrogen-bond donors (Lipinski definition) is 4. The molecule has 18 heteroatoms. The Bertz CT molecular complexity index is 605. The lowest BCUT2D eigenvalue weighted by atomic mass is 9.96. The standard InChI is InChI=1S/C9H20BO12P3S2/c1-2-3-26-27-6-18-7-4-9(10)20-8(7)5-19-24(14,15)22-25(16,17)21-23(11,12)13/h7-9H,2-6H2,1H3,(H,14,15)(H,16,17)(H2,11,12,13)/t7?,8-,9-/m1/s1. The Balaban J connectivity index is 2.51. The molecule has 1 fully saturated rings. The lowest BCUT2D eigenvalue weighted by molar-refractivity contribution is -0.0237. The van der Waals surface area contributed by atoms with Crippen LogP contribution in [0.25, 0.3) is 0 Å². The van der Waals surface area contributed by atoms with Gasteiger partial charge >= 0.3 is 23.5 Å². The van der Waals surface area contributed by atoms with Gasteiger partial charge in [0, 0.05) is 11.8 Å². The Kier molecular flexibility index (Phi) is 11.1. The van der Waals surface area contributed by atoms with Crippen molar-refractivity contribution >= 4 is 52.9 Å². The summed E-state index contributed by atoms with van der Waals surface area (Å²) < 4.78 is 56.2. The third-order valence-corrected chi connectivity index (χ3v) is 8.81. The van der Waals surface area contributed by atoms with Crippen molar-refractivity contribution in [3.63, 3.8) is 0 Å². The molecule has 1 aliphatic rings. The maximum atomic E-state index is 11.7. The van der Waals surface area contributed by atoms with Crippen LogP contribution < -0.4 is 0 Å². The molecule has 158 valence electrons. The van der Waals surface area contributed by atoms with Crippen LogP contribution in [0.15, 0.2) is 0 Å². The van der Waals surface area contributed by atoms with E-state index >= 15 is 0 Å². The largest absolute Gasteiger partial charge is 0.490 e. The molecule has 4 N–H and O–H groups in total. The summed E-state index contributed by atoms with van der Waals surface area (Å²) in [7, 11) is -7.47. The second-order valence-electron chi connectivity index (χ2n) is 5.10. The molecule has 1 saturated heterocycles. The van der Waals surface area contributed by atoms with Crippen molar-refractivity contribution in [3.05, 3.63) is 0 Å². The molecule has 0 spiro atoms. The SMILES string of the molecule is [B][C@H]1CC(OCSSCCC)[C@@H](COP(=O)(O)OP(=O)(O)OP(=O)(O)O)O1. The van der Waals surface area contributed by atoms with Crippen molar-refractivity contribution in [2.45, 2.75) is 38.0 Å². The first kappa shape index (κ1) is 26.1. The van der Waals surface area contributed by atoms with Gasteiger partial charge in [0.2, 0.25) is 0 Å². The monoisotopic (exact) mass is 488 g/mol. The minimum atomic E-state index is -5.56. The average molecular weight is 488 g/mol. The van der Waals surface area contributed by atoms with E-state index in [0.29, 0.717) is 12.4 Å². The van der Waals surface area contributed by atoms with E-state index in [1.807, 2.05) is 6.92 Å². The first-order chi connectivity index (χ1) is 12.3. The van der Waals surface area contributed by atoms with Crippen LogP contribution in [-0.2, 0) is 36.3 Å². The number of phosphoric acid groups is 3. The van der Waals surface area contributed by atoms with E-state index in [4.69, 9.17) is 32.0 Å². The quantitative estimate of drug-likeness (QED) is 0.0969. The molecule has 3 unspecified atom stereocenters. The fourth-order valence-electron chi connectivity index (χ4n) is 1.83. The number of ether oxygens (including phenoxy) is 2. The third kappa shape index (κ3) is 11.8. The van der Waals surface area contributed by atoms with Crippen molar-refractivity contribution in [1.29, 1.82) is 0 Å². The third-order valence-electron chi connectivity index (χ3n) is 2.75. The molecule has 0 aromatic rings. The fraction of sp³-hybridized carbons (Fsp3) is 1.00. The van der Waals surface area contributed by atoms with Gasteiger partial charge in [-0.15, -0.1) is 0 Å². The summed E-state index contributed by atoms with van der Waals surface area (Å²) in [5.74, 6) is 1.27. The smallest absolute Gasteiger partial charge is 0.380 e. The van der Waals surface area contributed by atoms with Crippen LogP contribution in [0, 0.1) is 0 Å². The maximum Gasteiger partial charge on any atom is 0.490 e. The zero-order valence-electron chi connectivity index (χ0n) is 14.1. The lowest BCUT2D eigenvalue weighted by Gasteiger charge is -2.21. The van der Waals surface area contributed by atoms with E-state index in [1.54, 1.807) is 10.8 Å². The molecule has 1 rings (SSSR count). The molecule has 1 heterocycles. The highest BCUT2D eigenvalue weighted by atomic mass is 33.1. The molecule has 0 bridgehead atoms. The Labute approximate surface area is 165 Å². The van der Waals surface area contributed by atoms with Gasteiger partial charge < -0.3 is 29.0 Å². The Morgan fingerprint density at radius 1 is 1.11 bits per heavy atom. The molecule has 27 heavy (non-hydrogen) atoms. The highest BCUT2D eigenvalue weighted by Gasteiger charge is 2.42. The maximum absolute atomic E-state index is 11.7. The van der Waals surface area contributed by atoms with Crippen LogP contribution in [-0.4, -0.2) is 63.9 Å². The zero-order chi connectivity index (χ0) is 20.7. The number of phosphoric ester groups is 1. The van der Waals surface area contributed by atoms with Crippen molar-refractivity contribution in [3.8, 4) is 0 Å². The Morgan fingerprint density at radius 3 is 2.37 bits per heavy atom. The molecule has 1 aliphatic heterocycles. The second-order valence-corrected chi connectivity index (χ2v) is 12.0. The molecular weight excluding hydrogens is 468 g/mol. The van der Waals surface area contributed by atoms with E-state index in [2.05, 4.69) is 13.1 Å². The molecule has 0 aliphatic carbocycles. The van der Waals surface area contributed by atoms with Gasteiger partial charge in [-0.2, -0.15) is 8.62 Å². The molecule has 5 atom stereocenters. The molecule has 0 amide bonds. The summed E-state index contributed by atoms with van der Waals surface area (Å²) >= 11 is 0. The predicted octanol–water partition coefficient (Wildman–Crippen LogP) is 1.75. The van der Waals surface area contributed by atoms with Gasteiger partial charge in [-0.25, -0.2) is 13.7 Å². The van der Waals surface area contributed by atoms with Crippen molar-refractivity contribution in [2.75, 3.05) is 18.3 Å². The van der Waals surface area contributed by atoms with E-state index < -0.39 is 48.3 Å². The normalized spacial score (nSPS) is 28.0. The highest BCUT2D eigenvalue weighted by Crippen LogP contribution is 2.66. The summed E-state index contributed by atoms with van der Waals surface area (Å²) in [5.41, 5.74) is 0. The molecule has 2 radical (unpaired) electrons. The van der Waals surface area contributed by atoms with Gasteiger partial charge in [0.1, 0.15) is 19.9 Å². The lowest BCUT2D eigenvalue weighted by Crippen LogP contribution is -2.29. The predicted molar refractivity (Wildman–Crippen MR) is 98.9 cm³/mol. The summed E-state index contributed by atoms with van der Waals surface area (Å²) in [6, 6.07) is -0.696. The molecule has 12 nitrogen and oxygen atoms in total. The van der Waals surface area contributed by atoms with E-state index in [9.17, 15) is 18.6 Å². The van der Waals surface area contributed by atoms with Crippen LogP contribution in [0.2, 0.25) is 0 Å². The first-order valence-corrected chi connectivity index (χ1v) is 14.4. The number of rotatable bonds is 13. The fourth-order valence-corrected chi connectivity index (χ4v) is 6.67. The second kappa shape index (κ2) is 11.5. The van der Waals surface area contributed by atoms with E-state index in [-0.39, 0.29) is 0 Å². The van der Waals surface area contributed by atoms with Gasteiger partial charge in [-0.3, -0.25) is 4.52 Å². The summed E-state index contributed by atoms with van der Waals surface area (Å²) in [5, 5.41) is 0. The van der Waals surface area contributed by atoms with Crippen molar-refractivity contribution in [2.24, 2.45) is 0 Å². The summed E-state index contributed by atoms with van der Waals surface area (Å²) in [6.45, 7) is 1.45. The summed E-state index contributed by atoms with van der Waals surface area (Å²) in [6.07, 6.45) is -0.107. The van der Waals surface area contributed by atoms with E-state index in [1.165, 1.54) is 10.8 Å². The van der Waals surface area contributed by atoms with Crippen LogP contribution in [0.4, 0.5) is 0 Å². The molecule has 0 aromatic carbocycles. The Morgan fingerprint density at radius 2 is 1.78 bits per heavy atom. The topological polar surface area (TPSA) is 178 Å². The van der Waals surface area contributed by atoms with E-state index in [0.717, 1.165) is 12.2 Å². The average Bonchev–Trinajstić information content (AvgIpc) is 2.81. The van der Waals surface area contributed by atoms with Gasteiger partial charge in [-0.05, 0) is 12.8 Å². The van der Waals surface area contributed by atoms with Gasteiger partial charge in [0.05, 0.1) is 12.7 Å². The zero-order valence-corrected chi connectivity index (χ0v) is 18.4. The van der Waals surface area contributed by atoms with Crippen molar-refractivity contribution in [1.82, 2.24) is 0 Å². The molecular formula is C9H20BO12P3S2. The van der Waals surface area contributed by atoms with Crippen LogP contribution >= 0.6 is 45.1 Å². The van der Waals surface area contributed by atoms with Gasteiger partial charge in [-0.1, -0.05) is 28.5 Å². The Hall–Kier alpha value is 1.09. The van der Waals surface area contributed by atoms with Crippen molar-refractivity contribution < 1.29 is 55.9 Å². The molecule has 0 aromatic heterocycles. The van der Waals surface area contributed by atoms with Crippen LogP contribution in [0.1, 0.15) is 19.8 Å². The first-order valence-electron chi connectivity index (χ1n) is 7.39.